The Balaban J connectivity index is 1.98. The molecule has 23 heavy (non-hydrogen) atoms. The summed E-state index contributed by atoms with van der Waals surface area (Å²) in [5.74, 6) is -0.686. The number of rotatable bonds is 4. The maximum Gasteiger partial charge on any atom is 0.341 e. The molecule has 1 fully saturated rings. The van der Waals surface area contributed by atoms with Gasteiger partial charge < -0.3 is 15.4 Å². The fourth-order valence-electron chi connectivity index (χ4n) is 2.55. The Morgan fingerprint density at radius 1 is 1.48 bits per heavy atom. The third kappa shape index (κ3) is 4.18. The van der Waals surface area contributed by atoms with Gasteiger partial charge in [-0.1, -0.05) is 6.92 Å². The number of carbonyl (C=O) groups excluding carboxylic acids is 2. The Hall–Kier alpha value is -2.64. The molecule has 1 heterocycles. The van der Waals surface area contributed by atoms with E-state index in [2.05, 4.69) is 6.92 Å². The highest BCUT2D eigenvalue weighted by Gasteiger charge is 2.23. The van der Waals surface area contributed by atoms with Gasteiger partial charge in [-0.15, -0.1) is 0 Å². The number of non-ortho nitro benzene ring substituents is 1. The zero-order valence-corrected chi connectivity index (χ0v) is 12.9. The molecule has 0 aromatic heterocycles. The standard InChI is InChI=1S/C15H19N3O5/c1-10-3-2-6-17(8-10)14(19)9-23-15(20)12-7-11(18(21)22)4-5-13(12)16/h4-5,7,10H,2-3,6,8-9,16H2,1H3/t10-/m1/s1. The molecule has 1 atom stereocenters. The number of esters is 1. The molecule has 1 aromatic rings. The number of nitro benzene ring substituents is 1. The van der Waals surface area contributed by atoms with Crippen molar-refractivity contribution in [2.45, 2.75) is 19.8 Å². The van der Waals surface area contributed by atoms with Gasteiger partial charge in [0.1, 0.15) is 0 Å². The minimum Gasteiger partial charge on any atom is -0.452 e. The zero-order valence-electron chi connectivity index (χ0n) is 12.9. The predicted octanol–water partition coefficient (Wildman–Crippen LogP) is 1.59. The molecule has 0 radical (unpaired) electrons. The first kappa shape index (κ1) is 16.7. The van der Waals surface area contributed by atoms with E-state index in [9.17, 15) is 19.7 Å². The Morgan fingerprint density at radius 3 is 2.87 bits per heavy atom. The summed E-state index contributed by atoms with van der Waals surface area (Å²) in [5, 5.41) is 10.7. The maximum absolute atomic E-state index is 12.0. The summed E-state index contributed by atoms with van der Waals surface area (Å²) in [6.45, 7) is 2.97. The molecular weight excluding hydrogens is 302 g/mol. The lowest BCUT2D eigenvalue weighted by molar-refractivity contribution is -0.384. The third-order valence-electron chi connectivity index (χ3n) is 3.80. The van der Waals surface area contributed by atoms with Gasteiger partial charge in [-0.3, -0.25) is 14.9 Å². The molecule has 0 saturated carbocycles. The van der Waals surface area contributed by atoms with Crippen LogP contribution in [-0.4, -0.2) is 41.4 Å². The Bertz CT molecular complexity index is 632. The molecule has 2 rings (SSSR count). The highest BCUT2D eigenvalue weighted by molar-refractivity contribution is 5.97. The molecule has 1 saturated heterocycles. The second-order valence-electron chi connectivity index (χ2n) is 5.69. The Morgan fingerprint density at radius 2 is 2.22 bits per heavy atom. The van der Waals surface area contributed by atoms with E-state index in [0.29, 0.717) is 19.0 Å². The van der Waals surface area contributed by atoms with Crippen LogP contribution in [0.1, 0.15) is 30.1 Å². The van der Waals surface area contributed by atoms with Crippen molar-refractivity contribution in [3.8, 4) is 0 Å². The fraction of sp³-hybridized carbons (Fsp3) is 0.467. The first-order chi connectivity index (χ1) is 10.9. The summed E-state index contributed by atoms with van der Waals surface area (Å²) in [6, 6.07) is 3.51. The van der Waals surface area contributed by atoms with E-state index < -0.39 is 17.5 Å². The number of hydrogen-bond donors (Lipinski definition) is 1. The highest BCUT2D eigenvalue weighted by Crippen LogP contribution is 2.21. The van der Waals surface area contributed by atoms with Crippen LogP contribution in [0.5, 0.6) is 0 Å². The summed E-state index contributed by atoms with van der Waals surface area (Å²) < 4.78 is 4.96. The molecule has 0 bridgehead atoms. The van der Waals surface area contributed by atoms with Crippen molar-refractivity contribution in [1.29, 1.82) is 0 Å². The van der Waals surface area contributed by atoms with Crippen molar-refractivity contribution >= 4 is 23.3 Å². The Labute approximate surface area is 133 Å². The number of anilines is 1. The third-order valence-corrected chi connectivity index (χ3v) is 3.80. The number of nitrogens with zero attached hydrogens (tertiary/aromatic N) is 2. The van der Waals surface area contributed by atoms with Crippen LogP contribution in [0.2, 0.25) is 0 Å². The second kappa shape index (κ2) is 7.08. The predicted molar refractivity (Wildman–Crippen MR) is 82.8 cm³/mol. The lowest BCUT2D eigenvalue weighted by atomic mass is 10.0. The molecule has 0 unspecified atom stereocenters. The van der Waals surface area contributed by atoms with Crippen LogP contribution in [0.4, 0.5) is 11.4 Å². The smallest absolute Gasteiger partial charge is 0.341 e. The minimum atomic E-state index is -0.843. The topological polar surface area (TPSA) is 116 Å². The quantitative estimate of drug-likeness (QED) is 0.389. The lowest BCUT2D eigenvalue weighted by Crippen LogP contribution is -2.41. The van der Waals surface area contributed by atoms with Gasteiger partial charge in [0, 0.05) is 30.9 Å². The highest BCUT2D eigenvalue weighted by atomic mass is 16.6. The van der Waals surface area contributed by atoms with Crippen molar-refractivity contribution in [2.75, 3.05) is 25.4 Å². The minimum absolute atomic E-state index is 0.0691. The molecule has 2 N–H and O–H groups in total. The van der Waals surface area contributed by atoms with Gasteiger partial charge in [0.15, 0.2) is 6.61 Å². The van der Waals surface area contributed by atoms with Gasteiger partial charge in [0.05, 0.1) is 10.5 Å². The van der Waals surface area contributed by atoms with Crippen LogP contribution < -0.4 is 5.73 Å². The molecule has 0 spiro atoms. The summed E-state index contributed by atoms with van der Waals surface area (Å²) >= 11 is 0. The molecule has 8 heteroatoms. The van der Waals surface area contributed by atoms with Gasteiger partial charge in [-0.05, 0) is 24.8 Å². The number of nitrogen functional groups attached to an aromatic ring is 1. The first-order valence-electron chi connectivity index (χ1n) is 7.37. The summed E-state index contributed by atoms with van der Waals surface area (Å²) in [5.41, 5.74) is 5.33. The largest absolute Gasteiger partial charge is 0.452 e. The number of piperidine rings is 1. The molecular formula is C15H19N3O5. The van der Waals surface area contributed by atoms with Gasteiger partial charge in [0.2, 0.25) is 0 Å². The van der Waals surface area contributed by atoms with E-state index in [1.807, 2.05) is 0 Å². The lowest BCUT2D eigenvalue weighted by Gasteiger charge is -2.30. The molecule has 124 valence electrons. The molecule has 1 aliphatic rings. The number of ether oxygens (including phenoxy) is 1. The van der Waals surface area contributed by atoms with Crippen molar-refractivity contribution in [3.05, 3.63) is 33.9 Å². The van der Waals surface area contributed by atoms with Crippen molar-refractivity contribution in [1.82, 2.24) is 4.90 Å². The molecule has 8 nitrogen and oxygen atoms in total. The van der Waals surface area contributed by atoms with E-state index in [1.54, 1.807) is 4.90 Å². The van der Waals surface area contributed by atoms with E-state index in [0.717, 1.165) is 18.9 Å². The van der Waals surface area contributed by atoms with Crippen molar-refractivity contribution < 1.29 is 19.2 Å². The second-order valence-corrected chi connectivity index (χ2v) is 5.69. The normalized spacial score (nSPS) is 17.6. The number of amides is 1. The number of hydrogen-bond acceptors (Lipinski definition) is 6. The molecule has 1 amide bonds. The van der Waals surface area contributed by atoms with E-state index in [1.165, 1.54) is 12.1 Å². The molecule has 1 aromatic carbocycles. The number of nitrogens with two attached hydrogens (primary N) is 1. The number of nitro groups is 1. The summed E-state index contributed by atoms with van der Waals surface area (Å²) in [6.07, 6.45) is 2.01. The van der Waals surface area contributed by atoms with E-state index >= 15 is 0 Å². The molecule has 0 aliphatic carbocycles. The SMILES string of the molecule is C[C@@H]1CCCN(C(=O)COC(=O)c2cc([N+](=O)[O-])ccc2N)C1. The summed E-state index contributed by atoms with van der Waals surface area (Å²) in [7, 11) is 0. The van der Waals surface area contributed by atoms with Gasteiger partial charge in [0.25, 0.3) is 11.6 Å². The number of likely N-dealkylation sites (tertiary alicyclic amines) is 1. The number of carbonyl (C=O) groups is 2. The average Bonchev–Trinajstić information content (AvgIpc) is 2.52. The van der Waals surface area contributed by atoms with E-state index in [4.69, 9.17) is 10.5 Å². The van der Waals surface area contributed by atoms with Crippen LogP contribution in [0.25, 0.3) is 0 Å². The fourth-order valence-corrected chi connectivity index (χ4v) is 2.55. The Kier molecular flexibility index (Phi) is 5.15. The number of benzene rings is 1. The zero-order chi connectivity index (χ0) is 17.0. The van der Waals surface area contributed by atoms with E-state index in [-0.39, 0.29) is 22.8 Å². The summed E-state index contributed by atoms with van der Waals surface area (Å²) in [4.78, 5) is 35.8. The van der Waals surface area contributed by atoms with Crippen LogP contribution in [0.15, 0.2) is 18.2 Å². The van der Waals surface area contributed by atoms with Gasteiger partial charge >= 0.3 is 5.97 Å². The first-order valence-corrected chi connectivity index (χ1v) is 7.37. The van der Waals surface area contributed by atoms with Crippen molar-refractivity contribution in [3.63, 3.8) is 0 Å². The van der Waals surface area contributed by atoms with Crippen LogP contribution in [-0.2, 0) is 9.53 Å². The van der Waals surface area contributed by atoms with Gasteiger partial charge in [-0.2, -0.15) is 0 Å². The van der Waals surface area contributed by atoms with Crippen LogP contribution in [0.3, 0.4) is 0 Å². The van der Waals surface area contributed by atoms with Gasteiger partial charge in [-0.25, -0.2) is 4.79 Å². The van der Waals surface area contributed by atoms with Crippen molar-refractivity contribution in [2.24, 2.45) is 5.92 Å². The van der Waals surface area contributed by atoms with Crippen LogP contribution in [0, 0.1) is 16.0 Å². The van der Waals surface area contributed by atoms with Crippen LogP contribution >= 0.6 is 0 Å². The average molecular weight is 321 g/mol. The molecule has 1 aliphatic heterocycles. The maximum atomic E-state index is 12.0. The monoisotopic (exact) mass is 321 g/mol.